The molecule has 2 aromatic rings. The van der Waals surface area contributed by atoms with E-state index in [9.17, 15) is 0 Å². The van der Waals surface area contributed by atoms with E-state index in [1.54, 1.807) is 4.90 Å². The molecule has 2 aromatic carbocycles. The third-order valence-electron chi connectivity index (χ3n) is 4.99. The van der Waals surface area contributed by atoms with Gasteiger partial charge in [-0.25, -0.2) is 0 Å². The van der Waals surface area contributed by atoms with E-state index in [-0.39, 0.29) is 0 Å². The molecule has 3 N–H and O–H groups in total. The standard InChI is InChI=1S/C21H26ClN3S/c1-2-16-4-3-5-20(14-16)24-21(26)23-19-10-12-25(13-11-19)15-17-6-8-18(22)9-7-17/h3-9,14,19H,2,10-13,15H2,1H3,(H2,23,24,26)/p+1. The Balaban J connectivity index is 1.43. The molecule has 1 heterocycles. The lowest BCUT2D eigenvalue weighted by molar-refractivity contribution is -0.918. The molecule has 0 spiro atoms. The number of aryl methyl sites for hydroxylation is 1. The Morgan fingerprint density at radius 3 is 2.54 bits per heavy atom. The Hall–Kier alpha value is -1.62. The number of nitrogens with one attached hydrogen (secondary N) is 3. The Kier molecular flexibility index (Phi) is 6.89. The van der Waals surface area contributed by atoms with E-state index < -0.39 is 0 Å². The summed E-state index contributed by atoms with van der Waals surface area (Å²) in [6.07, 6.45) is 3.31. The summed E-state index contributed by atoms with van der Waals surface area (Å²) in [5, 5.41) is 8.34. The lowest BCUT2D eigenvalue weighted by Gasteiger charge is -2.30. The van der Waals surface area contributed by atoms with Gasteiger partial charge in [-0.3, -0.25) is 0 Å². The second-order valence-corrected chi connectivity index (χ2v) is 7.82. The molecule has 1 saturated heterocycles. The summed E-state index contributed by atoms with van der Waals surface area (Å²) in [7, 11) is 0. The number of rotatable bonds is 5. The molecule has 3 rings (SSSR count). The van der Waals surface area contributed by atoms with Crippen LogP contribution in [0.3, 0.4) is 0 Å². The van der Waals surface area contributed by atoms with Crippen LogP contribution < -0.4 is 15.5 Å². The minimum Gasteiger partial charge on any atom is -0.359 e. The number of anilines is 1. The van der Waals surface area contributed by atoms with Crippen molar-refractivity contribution in [1.82, 2.24) is 5.32 Å². The van der Waals surface area contributed by atoms with Gasteiger partial charge >= 0.3 is 0 Å². The average molecular weight is 389 g/mol. The highest BCUT2D eigenvalue weighted by molar-refractivity contribution is 7.80. The molecule has 138 valence electrons. The molecule has 1 aliphatic rings. The number of halogens is 1. The first-order chi connectivity index (χ1) is 12.6. The molecule has 0 unspecified atom stereocenters. The van der Waals surface area contributed by atoms with Gasteiger partial charge in [0.05, 0.1) is 13.1 Å². The van der Waals surface area contributed by atoms with Gasteiger partial charge in [-0.2, -0.15) is 0 Å². The summed E-state index contributed by atoms with van der Waals surface area (Å²) < 4.78 is 0. The van der Waals surface area contributed by atoms with Crippen molar-refractivity contribution in [1.29, 1.82) is 0 Å². The van der Waals surface area contributed by atoms with Crippen molar-refractivity contribution in [2.45, 2.75) is 38.8 Å². The van der Waals surface area contributed by atoms with Crippen molar-refractivity contribution in [2.24, 2.45) is 0 Å². The number of benzene rings is 2. The summed E-state index contributed by atoms with van der Waals surface area (Å²) in [5.41, 5.74) is 3.73. The number of likely N-dealkylation sites (tertiary alicyclic amines) is 1. The van der Waals surface area contributed by atoms with Gasteiger partial charge in [0.2, 0.25) is 0 Å². The molecule has 0 aromatic heterocycles. The van der Waals surface area contributed by atoms with Crippen molar-refractivity contribution in [2.75, 3.05) is 18.4 Å². The summed E-state index contributed by atoms with van der Waals surface area (Å²) in [4.78, 5) is 1.62. The van der Waals surface area contributed by atoms with Crippen molar-refractivity contribution in [3.05, 3.63) is 64.7 Å². The van der Waals surface area contributed by atoms with E-state index in [0.29, 0.717) is 6.04 Å². The fourth-order valence-electron chi connectivity index (χ4n) is 3.46. The third kappa shape index (κ3) is 5.70. The Bertz CT molecular complexity index is 724. The molecule has 5 heteroatoms. The van der Waals surface area contributed by atoms with Crippen molar-refractivity contribution >= 4 is 34.6 Å². The number of piperidine rings is 1. The van der Waals surface area contributed by atoms with Gasteiger partial charge in [0.25, 0.3) is 0 Å². The average Bonchev–Trinajstić information content (AvgIpc) is 2.65. The molecule has 1 aliphatic heterocycles. The number of quaternary nitrogens is 1. The van der Waals surface area contributed by atoms with Crippen LogP contribution in [0.15, 0.2) is 48.5 Å². The predicted octanol–water partition coefficient (Wildman–Crippen LogP) is 3.44. The van der Waals surface area contributed by atoms with Crippen LogP contribution >= 0.6 is 23.8 Å². The minimum atomic E-state index is 0.457. The highest BCUT2D eigenvalue weighted by Gasteiger charge is 2.22. The molecular weight excluding hydrogens is 362 g/mol. The summed E-state index contributed by atoms with van der Waals surface area (Å²) >= 11 is 11.5. The van der Waals surface area contributed by atoms with E-state index in [4.69, 9.17) is 23.8 Å². The normalized spacial score (nSPS) is 19.8. The number of thiocarbonyl (C=S) groups is 1. The number of hydrogen-bond donors (Lipinski definition) is 3. The highest BCUT2D eigenvalue weighted by Crippen LogP contribution is 2.12. The van der Waals surface area contributed by atoms with Gasteiger partial charge in [0, 0.05) is 35.2 Å². The fraction of sp³-hybridized carbons (Fsp3) is 0.381. The summed E-state index contributed by atoms with van der Waals surface area (Å²) in [6.45, 7) is 5.55. The zero-order chi connectivity index (χ0) is 18.4. The predicted molar refractivity (Wildman–Crippen MR) is 114 cm³/mol. The van der Waals surface area contributed by atoms with Crippen molar-refractivity contribution in [3.63, 3.8) is 0 Å². The first-order valence-electron chi connectivity index (χ1n) is 9.37. The maximum Gasteiger partial charge on any atom is 0.171 e. The van der Waals surface area contributed by atoms with E-state index in [0.717, 1.165) is 54.7 Å². The minimum absolute atomic E-state index is 0.457. The van der Waals surface area contributed by atoms with Gasteiger partial charge in [-0.05, 0) is 48.5 Å². The molecule has 0 amide bonds. The molecule has 3 nitrogen and oxygen atoms in total. The molecule has 1 fully saturated rings. The lowest BCUT2D eigenvalue weighted by atomic mass is 10.0. The maximum atomic E-state index is 5.96. The molecule has 0 bridgehead atoms. The second kappa shape index (κ2) is 9.36. The van der Waals surface area contributed by atoms with Gasteiger partial charge in [-0.1, -0.05) is 42.8 Å². The molecule has 0 radical (unpaired) electrons. The molecule has 26 heavy (non-hydrogen) atoms. The topological polar surface area (TPSA) is 28.5 Å². The highest BCUT2D eigenvalue weighted by atomic mass is 35.5. The molecular formula is C21H27ClN3S+. The van der Waals surface area contributed by atoms with Crippen LogP contribution in [0.1, 0.15) is 30.9 Å². The second-order valence-electron chi connectivity index (χ2n) is 6.98. The van der Waals surface area contributed by atoms with Gasteiger partial charge in [0.1, 0.15) is 6.54 Å². The maximum absolute atomic E-state index is 5.96. The zero-order valence-corrected chi connectivity index (χ0v) is 16.8. The first kappa shape index (κ1) is 19.2. The van der Waals surface area contributed by atoms with Crippen molar-refractivity contribution < 1.29 is 4.90 Å². The Morgan fingerprint density at radius 2 is 1.85 bits per heavy atom. The smallest absolute Gasteiger partial charge is 0.171 e. The Labute approximate surface area is 166 Å². The monoisotopic (exact) mass is 388 g/mol. The summed E-state index contributed by atoms with van der Waals surface area (Å²) in [6, 6.07) is 17.1. The van der Waals surface area contributed by atoms with Crippen LogP contribution in [0.5, 0.6) is 0 Å². The molecule has 0 atom stereocenters. The first-order valence-corrected chi connectivity index (χ1v) is 10.2. The van der Waals surface area contributed by atoms with Crippen molar-refractivity contribution in [3.8, 4) is 0 Å². The zero-order valence-electron chi connectivity index (χ0n) is 15.2. The van der Waals surface area contributed by atoms with Gasteiger partial charge < -0.3 is 15.5 Å². The molecule has 0 aliphatic carbocycles. The lowest BCUT2D eigenvalue weighted by Crippen LogP contribution is -3.12. The quantitative estimate of drug-likeness (QED) is 0.685. The van der Waals surface area contributed by atoms with Crippen LogP contribution in [-0.2, 0) is 13.0 Å². The van der Waals surface area contributed by atoms with E-state index in [2.05, 4.69) is 54.0 Å². The van der Waals surface area contributed by atoms with Gasteiger partial charge in [-0.15, -0.1) is 0 Å². The largest absolute Gasteiger partial charge is 0.359 e. The van der Waals surface area contributed by atoms with Crippen LogP contribution in [0.25, 0.3) is 0 Å². The number of hydrogen-bond acceptors (Lipinski definition) is 1. The van der Waals surface area contributed by atoms with Gasteiger partial charge in [0.15, 0.2) is 5.11 Å². The van der Waals surface area contributed by atoms with Crippen LogP contribution in [0.4, 0.5) is 5.69 Å². The third-order valence-corrected chi connectivity index (χ3v) is 5.46. The van der Waals surface area contributed by atoms with Crippen LogP contribution in [0.2, 0.25) is 5.02 Å². The Morgan fingerprint density at radius 1 is 1.12 bits per heavy atom. The SMILES string of the molecule is CCc1cccc(NC(=S)NC2CC[NH+](Cc3ccc(Cl)cc3)CC2)c1. The summed E-state index contributed by atoms with van der Waals surface area (Å²) in [5.74, 6) is 0. The fourth-order valence-corrected chi connectivity index (χ4v) is 3.87. The van der Waals surface area contributed by atoms with Crippen LogP contribution in [-0.4, -0.2) is 24.2 Å². The molecule has 0 saturated carbocycles. The van der Waals surface area contributed by atoms with E-state index in [1.165, 1.54) is 11.1 Å². The van der Waals surface area contributed by atoms with E-state index >= 15 is 0 Å². The van der Waals surface area contributed by atoms with Crippen LogP contribution in [0, 0.1) is 0 Å². The van der Waals surface area contributed by atoms with E-state index in [1.807, 2.05) is 12.1 Å².